The van der Waals surface area contributed by atoms with Crippen molar-refractivity contribution in [3.05, 3.63) is 32.6 Å². The summed E-state index contributed by atoms with van der Waals surface area (Å²) in [5, 5.41) is 0. The number of phosphoric acid groups is 2. The van der Waals surface area contributed by atoms with Crippen LogP contribution in [-0.4, -0.2) is 44.1 Å². The minimum Gasteiger partial charge on any atom is -0.460 e. The minimum atomic E-state index is -4.88. The Labute approximate surface area is 169 Å². The van der Waals surface area contributed by atoms with Crippen LogP contribution in [0.1, 0.15) is 25.1 Å². The normalized spacial score (nSPS) is 36.5. The third kappa shape index (κ3) is 5.71. The van der Waals surface area contributed by atoms with E-state index in [0.29, 0.717) is 0 Å². The standard InChI is InChI=1S/C12H17N2O13P3/c1-6-4-14(12(17)13-11(6)16)10-3-8(23-7(2)15)9(24-10)5-22-28-25-29(18,19)27-30(20,21)26-28/h4,8-10H,3,5H2,1-2H3,(H,18,19)(H,20,21)(H,13,16,17)/t8-,9+,10+/m0/s1. The maximum atomic E-state index is 12.1. The van der Waals surface area contributed by atoms with Crippen LogP contribution in [-0.2, 0) is 40.9 Å². The largest absolute Gasteiger partial charge is 0.488 e. The number of hydrogen-bond acceptors (Lipinski definition) is 11. The SMILES string of the molecule is CC(=O)O[C@H]1C[C@H](n2cc(C)c(=O)[nH]c2=O)O[C@@H]1COP1OP(=O)(O)OP(=O)(O)O1. The number of H-pyrrole nitrogens is 1. The summed E-state index contributed by atoms with van der Waals surface area (Å²) in [7, 11) is -12.5. The first-order valence-electron chi connectivity index (χ1n) is 8.19. The quantitative estimate of drug-likeness (QED) is 0.382. The lowest BCUT2D eigenvalue weighted by atomic mass is 10.2. The third-order valence-corrected chi connectivity index (χ3v) is 8.57. The predicted octanol–water partition coefficient (Wildman–Crippen LogP) is 0.572. The van der Waals surface area contributed by atoms with E-state index in [1.54, 1.807) is 0 Å². The Morgan fingerprint density at radius 3 is 2.57 bits per heavy atom. The number of esters is 1. The summed E-state index contributed by atoms with van der Waals surface area (Å²) in [4.78, 5) is 55.7. The Hall–Kier alpha value is -1.24. The lowest BCUT2D eigenvalue weighted by Gasteiger charge is -2.27. The number of rotatable bonds is 5. The van der Waals surface area contributed by atoms with Gasteiger partial charge in [-0.15, -0.1) is 0 Å². The molecule has 2 unspecified atom stereocenters. The number of carbonyl (C=O) groups excluding carboxylic acids is 1. The second-order valence-electron chi connectivity index (χ2n) is 6.19. The molecule has 2 aliphatic heterocycles. The maximum Gasteiger partial charge on any atom is 0.488 e. The molecule has 3 heterocycles. The van der Waals surface area contributed by atoms with Gasteiger partial charge in [-0.3, -0.25) is 19.1 Å². The van der Waals surface area contributed by atoms with Crippen molar-refractivity contribution in [3.63, 3.8) is 0 Å². The molecule has 2 aliphatic rings. The van der Waals surface area contributed by atoms with Crippen LogP contribution in [0.2, 0.25) is 0 Å². The van der Waals surface area contributed by atoms with Crippen LogP contribution >= 0.6 is 24.2 Å². The van der Waals surface area contributed by atoms with Crippen molar-refractivity contribution in [1.29, 1.82) is 0 Å². The van der Waals surface area contributed by atoms with Gasteiger partial charge in [0.05, 0.1) is 6.61 Å². The Bertz CT molecular complexity index is 1010. The fourth-order valence-corrected chi connectivity index (χ4v) is 6.88. The fraction of sp³-hybridized carbons (Fsp3) is 0.583. The van der Waals surface area contributed by atoms with Gasteiger partial charge in [0.15, 0.2) is 0 Å². The number of aromatic amines is 1. The Morgan fingerprint density at radius 2 is 1.97 bits per heavy atom. The second-order valence-corrected chi connectivity index (χ2v) is 10.7. The van der Waals surface area contributed by atoms with E-state index in [-0.39, 0.29) is 12.0 Å². The van der Waals surface area contributed by atoms with Gasteiger partial charge in [0.1, 0.15) is 18.4 Å². The monoisotopic (exact) mass is 490 g/mol. The zero-order valence-electron chi connectivity index (χ0n) is 15.4. The Balaban J connectivity index is 1.74. The van der Waals surface area contributed by atoms with Gasteiger partial charge in [-0.2, -0.15) is 4.31 Å². The van der Waals surface area contributed by atoms with Gasteiger partial charge in [0.2, 0.25) is 0 Å². The van der Waals surface area contributed by atoms with Crippen LogP contribution in [0.15, 0.2) is 15.8 Å². The predicted molar refractivity (Wildman–Crippen MR) is 95.9 cm³/mol. The number of ether oxygens (including phenoxy) is 2. The molecule has 1 aromatic heterocycles. The average Bonchev–Trinajstić information content (AvgIpc) is 2.95. The number of nitrogens with one attached hydrogen (secondary N) is 1. The lowest BCUT2D eigenvalue weighted by Crippen LogP contribution is -2.33. The van der Waals surface area contributed by atoms with Crippen molar-refractivity contribution in [2.24, 2.45) is 0 Å². The first-order valence-corrected chi connectivity index (χ1v) is 12.3. The molecule has 5 atom stereocenters. The van der Waals surface area contributed by atoms with Crippen molar-refractivity contribution >= 4 is 30.2 Å². The summed E-state index contributed by atoms with van der Waals surface area (Å²) in [5.74, 6) is -0.650. The molecule has 30 heavy (non-hydrogen) atoms. The molecular formula is C12H17N2O13P3. The van der Waals surface area contributed by atoms with Crippen molar-refractivity contribution in [1.82, 2.24) is 9.55 Å². The molecule has 0 saturated carbocycles. The summed E-state index contributed by atoms with van der Waals surface area (Å²) >= 11 is 0. The molecule has 0 radical (unpaired) electrons. The molecule has 1 aromatic rings. The molecule has 168 valence electrons. The van der Waals surface area contributed by atoms with Crippen LogP contribution in [0.3, 0.4) is 0 Å². The summed E-state index contributed by atoms with van der Waals surface area (Å²) in [6.07, 6.45) is -1.57. The van der Waals surface area contributed by atoms with E-state index in [1.165, 1.54) is 13.1 Å². The van der Waals surface area contributed by atoms with Gasteiger partial charge in [-0.05, 0) is 6.92 Å². The highest BCUT2D eigenvalue weighted by Crippen LogP contribution is 2.76. The van der Waals surface area contributed by atoms with Crippen LogP contribution < -0.4 is 11.2 Å². The Kier molecular flexibility index (Phi) is 6.80. The Morgan fingerprint density at radius 1 is 1.33 bits per heavy atom. The molecule has 3 N–H and O–H groups in total. The van der Waals surface area contributed by atoms with Gasteiger partial charge in [-0.1, -0.05) is 0 Å². The first kappa shape index (κ1) is 23.4. The zero-order valence-corrected chi connectivity index (χ0v) is 18.1. The highest BCUT2D eigenvalue weighted by Gasteiger charge is 2.49. The highest BCUT2D eigenvalue weighted by atomic mass is 31.3. The van der Waals surface area contributed by atoms with Crippen LogP contribution in [0.4, 0.5) is 0 Å². The number of nitrogens with zero attached hydrogens (tertiary/aromatic N) is 1. The van der Waals surface area contributed by atoms with Gasteiger partial charge < -0.3 is 23.8 Å². The summed E-state index contributed by atoms with van der Waals surface area (Å²) in [5.41, 5.74) is -1.07. The van der Waals surface area contributed by atoms with E-state index in [2.05, 4.69) is 17.9 Å². The molecular weight excluding hydrogens is 473 g/mol. The van der Waals surface area contributed by atoms with E-state index in [9.17, 15) is 33.3 Å². The molecule has 18 heteroatoms. The third-order valence-electron chi connectivity index (χ3n) is 3.84. The zero-order chi connectivity index (χ0) is 22.3. The maximum absolute atomic E-state index is 12.1. The van der Waals surface area contributed by atoms with Crippen LogP contribution in [0.25, 0.3) is 0 Å². The molecule has 2 saturated heterocycles. The van der Waals surface area contributed by atoms with Gasteiger partial charge in [0, 0.05) is 25.1 Å². The molecule has 0 bridgehead atoms. The average molecular weight is 490 g/mol. The topological polar surface area (TPSA) is 202 Å². The molecule has 3 rings (SSSR count). The fourth-order valence-electron chi connectivity index (χ4n) is 2.68. The molecule has 0 aromatic carbocycles. The van der Waals surface area contributed by atoms with Crippen molar-refractivity contribution in [2.75, 3.05) is 6.61 Å². The lowest BCUT2D eigenvalue weighted by molar-refractivity contribution is -0.150. The number of hydrogen-bond donors (Lipinski definition) is 3. The highest BCUT2D eigenvalue weighted by molar-refractivity contribution is 7.72. The number of carbonyl (C=O) groups is 1. The van der Waals surface area contributed by atoms with Gasteiger partial charge >= 0.3 is 35.9 Å². The van der Waals surface area contributed by atoms with E-state index in [0.717, 1.165) is 11.5 Å². The van der Waals surface area contributed by atoms with Crippen LogP contribution in [0, 0.1) is 6.92 Å². The molecule has 0 amide bonds. The number of aromatic nitrogens is 2. The van der Waals surface area contributed by atoms with E-state index in [1.807, 2.05) is 0 Å². The summed E-state index contributed by atoms with van der Waals surface area (Å²) in [6.45, 7) is 2.17. The second kappa shape index (κ2) is 8.71. The summed E-state index contributed by atoms with van der Waals surface area (Å²) in [6, 6.07) is 0. The van der Waals surface area contributed by atoms with Crippen molar-refractivity contribution < 1.29 is 50.6 Å². The molecule has 0 spiro atoms. The minimum absolute atomic E-state index is 0.0126. The first-order chi connectivity index (χ1) is 13.8. The van der Waals surface area contributed by atoms with Gasteiger partial charge in [-0.25, -0.2) is 22.5 Å². The van der Waals surface area contributed by atoms with Crippen molar-refractivity contribution in [3.8, 4) is 0 Å². The molecule has 15 nitrogen and oxygen atoms in total. The van der Waals surface area contributed by atoms with E-state index in [4.69, 9.17) is 14.0 Å². The smallest absolute Gasteiger partial charge is 0.460 e. The van der Waals surface area contributed by atoms with E-state index < -0.39 is 66.5 Å². The van der Waals surface area contributed by atoms with Crippen LogP contribution in [0.5, 0.6) is 0 Å². The number of aryl methyl sites for hydroxylation is 1. The van der Waals surface area contributed by atoms with E-state index >= 15 is 0 Å². The molecule has 2 fully saturated rings. The van der Waals surface area contributed by atoms with Gasteiger partial charge in [0.25, 0.3) is 5.56 Å². The summed E-state index contributed by atoms with van der Waals surface area (Å²) < 4.78 is 52.8. The molecule has 0 aliphatic carbocycles. The van der Waals surface area contributed by atoms with Crippen molar-refractivity contribution in [2.45, 2.75) is 38.7 Å².